The Balaban J connectivity index is 1.88. The van der Waals surface area contributed by atoms with Crippen molar-refractivity contribution >= 4 is 11.9 Å². The summed E-state index contributed by atoms with van der Waals surface area (Å²) in [6.07, 6.45) is 2.06. The number of hydrogen-bond acceptors (Lipinski definition) is 3. The third-order valence-corrected chi connectivity index (χ3v) is 3.34. The van der Waals surface area contributed by atoms with Crippen LogP contribution in [0, 0.1) is 5.82 Å². The van der Waals surface area contributed by atoms with Gasteiger partial charge in [0.25, 0.3) is 0 Å². The molecule has 20 heavy (non-hydrogen) atoms. The summed E-state index contributed by atoms with van der Waals surface area (Å²) in [5.41, 5.74) is 0.285. The van der Waals surface area contributed by atoms with Crippen LogP contribution in [0.4, 0.5) is 4.39 Å². The number of carboxylic acid groups (broad SMARTS) is 1. The zero-order valence-corrected chi connectivity index (χ0v) is 11.1. The molecule has 1 aliphatic rings. The molecule has 0 radical (unpaired) electrons. The summed E-state index contributed by atoms with van der Waals surface area (Å²) in [5.74, 6) is -1.58. The van der Waals surface area contributed by atoms with Gasteiger partial charge in [-0.1, -0.05) is 0 Å². The molecule has 1 fully saturated rings. The Bertz CT molecular complexity index is 513. The van der Waals surface area contributed by atoms with Crippen molar-refractivity contribution in [3.05, 3.63) is 35.1 Å². The molecule has 2 rings (SSSR count). The Morgan fingerprint density at radius 1 is 1.30 bits per heavy atom. The Morgan fingerprint density at radius 2 is 2.00 bits per heavy atom. The van der Waals surface area contributed by atoms with Crippen LogP contribution >= 0.6 is 0 Å². The van der Waals surface area contributed by atoms with Crippen LogP contribution in [0.2, 0.25) is 0 Å². The molecular weight excluding hydrogens is 263 g/mol. The fourth-order valence-corrected chi connectivity index (χ4v) is 2.23. The second-order valence-electron chi connectivity index (χ2n) is 4.80. The molecule has 0 spiro atoms. The smallest absolute Gasteiger partial charge is 0.335 e. The van der Waals surface area contributed by atoms with Crippen LogP contribution in [-0.2, 0) is 11.3 Å². The molecular formula is C14H17FN2O3. The molecule has 1 aromatic rings. The van der Waals surface area contributed by atoms with Crippen LogP contribution in [0.3, 0.4) is 0 Å². The number of halogens is 1. The average molecular weight is 280 g/mol. The van der Waals surface area contributed by atoms with Crippen LogP contribution in [0.5, 0.6) is 0 Å². The topological polar surface area (TPSA) is 69.6 Å². The average Bonchev–Trinajstić information content (AvgIpc) is 2.94. The lowest BCUT2D eigenvalue weighted by Gasteiger charge is -2.15. The molecule has 0 unspecified atom stereocenters. The Hall–Kier alpha value is -1.95. The number of nitrogens with one attached hydrogen (secondary N) is 1. The first-order valence-electron chi connectivity index (χ1n) is 6.58. The molecule has 1 saturated heterocycles. The van der Waals surface area contributed by atoms with E-state index in [1.54, 1.807) is 4.90 Å². The molecule has 2 N–H and O–H groups in total. The summed E-state index contributed by atoms with van der Waals surface area (Å²) in [6, 6.07) is 3.63. The van der Waals surface area contributed by atoms with Gasteiger partial charge < -0.3 is 15.3 Å². The van der Waals surface area contributed by atoms with E-state index in [-0.39, 0.29) is 30.1 Å². The maximum Gasteiger partial charge on any atom is 0.335 e. The highest BCUT2D eigenvalue weighted by Crippen LogP contribution is 2.11. The van der Waals surface area contributed by atoms with Gasteiger partial charge in [0.05, 0.1) is 12.1 Å². The van der Waals surface area contributed by atoms with Gasteiger partial charge >= 0.3 is 5.97 Å². The largest absolute Gasteiger partial charge is 0.478 e. The third-order valence-electron chi connectivity index (χ3n) is 3.34. The maximum atomic E-state index is 13.5. The van der Waals surface area contributed by atoms with Crippen LogP contribution in [0.1, 0.15) is 28.8 Å². The van der Waals surface area contributed by atoms with Crippen LogP contribution < -0.4 is 5.32 Å². The number of carboxylic acids is 1. The third kappa shape index (κ3) is 3.54. The summed E-state index contributed by atoms with van der Waals surface area (Å²) in [7, 11) is 0. The molecule has 0 bridgehead atoms. The number of carbonyl (C=O) groups is 2. The number of likely N-dealkylation sites (tertiary alicyclic amines) is 1. The van der Waals surface area contributed by atoms with Crippen molar-refractivity contribution in [2.24, 2.45) is 0 Å². The minimum absolute atomic E-state index is 0.00250. The highest BCUT2D eigenvalue weighted by Gasteiger charge is 2.17. The van der Waals surface area contributed by atoms with Crippen molar-refractivity contribution in [1.29, 1.82) is 0 Å². The van der Waals surface area contributed by atoms with E-state index in [1.165, 1.54) is 12.1 Å². The molecule has 1 amide bonds. The number of hydrogen-bond donors (Lipinski definition) is 2. The maximum absolute atomic E-state index is 13.5. The van der Waals surface area contributed by atoms with Gasteiger partial charge in [0.15, 0.2) is 0 Å². The van der Waals surface area contributed by atoms with Gasteiger partial charge in [0.1, 0.15) is 5.82 Å². The molecule has 1 aliphatic heterocycles. The molecule has 108 valence electrons. The van der Waals surface area contributed by atoms with Crippen molar-refractivity contribution in [2.75, 3.05) is 19.6 Å². The van der Waals surface area contributed by atoms with E-state index in [2.05, 4.69) is 5.32 Å². The molecule has 0 aliphatic carbocycles. The number of carbonyl (C=O) groups excluding carboxylic acids is 1. The highest BCUT2D eigenvalue weighted by atomic mass is 19.1. The number of benzene rings is 1. The van der Waals surface area contributed by atoms with E-state index in [1.807, 2.05) is 0 Å². The molecule has 1 heterocycles. The quantitative estimate of drug-likeness (QED) is 0.851. The summed E-state index contributed by atoms with van der Waals surface area (Å²) < 4.78 is 13.5. The van der Waals surface area contributed by atoms with Gasteiger partial charge in [0.2, 0.25) is 5.91 Å². The lowest BCUT2D eigenvalue weighted by atomic mass is 10.1. The van der Waals surface area contributed by atoms with Gasteiger partial charge in [-0.3, -0.25) is 4.79 Å². The molecule has 5 nitrogen and oxygen atoms in total. The summed E-state index contributed by atoms with van der Waals surface area (Å²) in [6.45, 7) is 1.83. The summed E-state index contributed by atoms with van der Waals surface area (Å²) >= 11 is 0. The van der Waals surface area contributed by atoms with Gasteiger partial charge in [-0.25, -0.2) is 9.18 Å². The zero-order chi connectivity index (χ0) is 14.5. The van der Waals surface area contributed by atoms with E-state index in [4.69, 9.17) is 5.11 Å². The summed E-state index contributed by atoms with van der Waals surface area (Å²) in [4.78, 5) is 24.4. The number of amides is 1. The number of nitrogens with zero attached hydrogens (tertiary/aromatic N) is 1. The van der Waals surface area contributed by atoms with Crippen molar-refractivity contribution < 1.29 is 19.1 Å². The lowest BCUT2D eigenvalue weighted by Crippen LogP contribution is -2.36. The Labute approximate surface area is 116 Å². The number of rotatable bonds is 5. The van der Waals surface area contributed by atoms with Crippen LogP contribution in [-0.4, -0.2) is 41.5 Å². The van der Waals surface area contributed by atoms with Crippen molar-refractivity contribution in [3.63, 3.8) is 0 Å². The second kappa shape index (κ2) is 6.47. The highest BCUT2D eigenvalue weighted by molar-refractivity contribution is 5.87. The molecule has 0 aromatic heterocycles. The minimum atomic E-state index is -1.10. The van der Waals surface area contributed by atoms with E-state index >= 15 is 0 Å². The standard InChI is InChI=1S/C14H17FN2O3/c15-12-4-3-10(14(19)20)7-11(12)8-16-9-13(18)17-5-1-2-6-17/h3-4,7,16H,1-2,5-6,8-9H2,(H,19,20). The first kappa shape index (κ1) is 14.5. The fourth-order valence-electron chi connectivity index (χ4n) is 2.23. The van der Waals surface area contributed by atoms with Gasteiger partial charge in [-0.15, -0.1) is 0 Å². The molecule has 6 heteroatoms. The molecule has 1 aromatic carbocycles. The Kier molecular flexibility index (Phi) is 4.68. The first-order valence-corrected chi connectivity index (χ1v) is 6.58. The lowest BCUT2D eigenvalue weighted by molar-refractivity contribution is -0.129. The minimum Gasteiger partial charge on any atom is -0.478 e. The predicted octanol–water partition coefficient (Wildman–Crippen LogP) is 1.24. The SMILES string of the molecule is O=C(O)c1ccc(F)c(CNCC(=O)N2CCCC2)c1. The van der Waals surface area contributed by atoms with Gasteiger partial charge in [-0.2, -0.15) is 0 Å². The molecule has 0 atom stereocenters. The fraction of sp³-hybridized carbons (Fsp3) is 0.429. The van der Waals surface area contributed by atoms with Crippen LogP contribution in [0.25, 0.3) is 0 Å². The van der Waals surface area contributed by atoms with E-state index in [0.717, 1.165) is 32.0 Å². The Morgan fingerprint density at radius 3 is 2.65 bits per heavy atom. The molecule has 0 saturated carbocycles. The summed E-state index contributed by atoms with van der Waals surface area (Å²) in [5, 5.41) is 11.7. The second-order valence-corrected chi connectivity index (χ2v) is 4.80. The predicted molar refractivity (Wildman–Crippen MR) is 70.9 cm³/mol. The first-order chi connectivity index (χ1) is 9.58. The monoisotopic (exact) mass is 280 g/mol. The van der Waals surface area contributed by atoms with Crippen molar-refractivity contribution in [3.8, 4) is 0 Å². The van der Waals surface area contributed by atoms with Gasteiger partial charge in [-0.05, 0) is 31.0 Å². The van der Waals surface area contributed by atoms with Crippen molar-refractivity contribution in [1.82, 2.24) is 10.2 Å². The normalized spacial score (nSPS) is 14.6. The zero-order valence-electron chi connectivity index (χ0n) is 11.1. The van der Waals surface area contributed by atoms with E-state index < -0.39 is 11.8 Å². The number of aromatic carboxylic acids is 1. The van der Waals surface area contributed by atoms with Gasteiger partial charge in [0, 0.05) is 25.2 Å². The van der Waals surface area contributed by atoms with E-state index in [9.17, 15) is 14.0 Å². The van der Waals surface area contributed by atoms with Crippen LogP contribution in [0.15, 0.2) is 18.2 Å². The van der Waals surface area contributed by atoms with E-state index in [0.29, 0.717) is 0 Å². The van der Waals surface area contributed by atoms with Crippen molar-refractivity contribution in [2.45, 2.75) is 19.4 Å².